The molecule has 1 heterocycles. The number of carbonyl (C=O) groups excluding carboxylic acids is 1. The average molecular weight is 385 g/mol. The third-order valence-electron chi connectivity index (χ3n) is 4.71. The fourth-order valence-corrected chi connectivity index (χ4v) is 3.15. The van der Waals surface area contributed by atoms with Crippen LogP contribution < -0.4 is 10.1 Å². The van der Waals surface area contributed by atoms with Crippen LogP contribution in [0.2, 0.25) is 0 Å². The van der Waals surface area contributed by atoms with Gasteiger partial charge in [-0.3, -0.25) is 4.79 Å². The molecule has 146 valence electrons. The zero-order chi connectivity index (χ0) is 20.8. The molecule has 29 heavy (non-hydrogen) atoms. The van der Waals surface area contributed by atoms with Crippen molar-refractivity contribution in [2.45, 2.75) is 20.3 Å². The Bertz CT molecular complexity index is 1090. The molecule has 0 aliphatic carbocycles. The molecule has 5 heteroatoms. The Morgan fingerprint density at radius 1 is 1.21 bits per heavy atom. The molecule has 3 rings (SSSR count). The molecule has 1 amide bonds. The Kier molecular flexibility index (Phi) is 6.16. The predicted molar refractivity (Wildman–Crippen MR) is 115 cm³/mol. The molecule has 3 aromatic rings. The first-order valence-corrected chi connectivity index (χ1v) is 9.40. The van der Waals surface area contributed by atoms with Crippen molar-refractivity contribution < 1.29 is 9.53 Å². The summed E-state index contributed by atoms with van der Waals surface area (Å²) in [5.41, 5.74) is 4.57. The number of hydrogen-bond acceptors (Lipinski definition) is 3. The van der Waals surface area contributed by atoms with Crippen LogP contribution in [0.1, 0.15) is 23.7 Å². The molecule has 0 bridgehead atoms. The predicted octanol–water partition coefficient (Wildman–Crippen LogP) is 4.90. The summed E-state index contributed by atoms with van der Waals surface area (Å²) in [5, 5.41) is 12.4. The monoisotopic (exact) mass is 385 g/mol. The van der Waals surface area contributed by atoms with E-state index in [-0.39, 0.29) is 5.57 Å². The Labute approximate surface area is 170 Å². The standard InChI is InChI=1S/C24H23N3O2/c1-4-19-7-5-6-8-23(19)26-24(28)20(15-25)14-18-13-17(2)27(16-18)21-9-11-22(29-3)12-10-21/h5-14,16H,4H2,1-3H3,(H,26,28)/b20-14+. The second kappa shape index (κ2) is 8.94. The number of ether oxygens (including phenoxy) is 1. The fourth-order valence-electron chi connectivity index (χ4n) is 3.15. The lowest BCUT2D eigenvalue weighted by Crippen LogP contribution is -2.14. The highest BCUT2D eigenvalue weighted by Crippen LogP contribution is 2.21. The molecular formula is C24H23N3O2. The van der Waals surface area contributed by atoms with Crippen molar-refractivity contribution in [3.8, 4) is 17.5 Å². The summed E-state index contributed by atoms with van der Waals surface area (Å²) < 4.78 is 7.20. The van der Waals surface area contributed by atoms with E-state index in [9.17, 15) is 10.1 Å². The fraction of sp³-hybridized carbons (Fsp3) is 0.167. The number of benzene rings is 2. The van der Waals surface area contributed by atoms with Crippen molar-refractivity contribution in [1.82, 2.24) is 4.57 Å². The second-order valence-electron chi connectivity index (χ2n) is 6.62. The van der Waals surface area contributed by atoms with Crippen molar-refractivity contribution in [2.24, 2.45) is 0 Å². The van der Waals surface area contributed by atoms with Crippen LogP contribution in [0.5, 0.6) is 5.75 Å². The Morgan fingerprint density at radius 3 is 2.59 bits per heavy atom. The van der Waals surface area contributed by atoms with Gasteiger partial charge < -0.3 is 14.6 Å². The Balaban J connectivity index is 1.85. The van der Waals surface area contributed by atoms with E-state index >= 15 is 0 Å². The van der Waals surface area contributed by atoms with E-state index < -0.39 is 5.91 Å². The third kappa shape index (κ3) is 4.56. The number of nitriles is 1. The quantitative estimate of drug-likeness (QED) is 0.485. The SMILES string of the molecule is CCc1ccccc1NC(=O)/C(C#N)=C/c1cc(C)n(-c2ccc(OC)cc2)c1. The van der Waals surface area contributed by atoms with Gasteiger partial charge in [-0.25, -0.2) is 0 Å². The zero-order valence-corrected chi connectivity index (χ0v) is 16.8. The van der Waals surface area contributed by atoms with Gasteiger partial charge in [-0.1, -0.05) is 25.1 Å². The van der Waals surface area contributed by atoms with Crippen molar-refractivity contribution in [2.75, 3.05) is 12.4 Å². The lowest BCUT2D eigenvalue weighted by molar-refractivity contribution is -0.112. The second-order valence-corrected chi connectivity index (χ2v) is 6.62. The highest BCUT2D eigenvalue weighted by molar-refractivity contribution is 6.10. The van der Waals surface area contributed by atoms with E-state index in [0.717, 1.165) is 40.4 Å². The minimum absolute atomic E-state index is 0.0581. The highest BCUT2D eigenvalue weighted by Gasteiger charge is 2.12. The first-order chi connectivity index (χ1) is 14.0. The minimum Gasteiger partial charge on any atom is -0.497 e. The molecule has 0 aliphatic rings. The maximum Gasteiger partial charge on any atom is 0.266 e. The van der Waals surface area contributed by atoms with Gasteiger partial charge in [0.05, 0.1) is 7.11 Å². The van der Waals surface area contributed by atoms with Crippen LogP contribution in [0.15, 0.2) is 66.4 Å². The van der Waals surface area contributed by atoms with Crippen LogP contribution >= 0.6 is 0 Å². The molecule has 0 saturated heterocycles. The summed E-state index contributed by atoms with van der Waals surface area (Å²) in [6.45, 7) is 4.00. The van der Waals surface area contributed by atoms with E-state index in [1.807, 2.05) is 85.3 Å². The van der Waals surface area contributed by atoms with Crippen LogP contribution in [0.3, 0.4) is 0 Å². The van der Waals surface area contributed by atoms with Gasteiger partial charge in [-0.15, -0.1) is 0 Å². The van der Waals surface area contributed by atoms with Gasteiger partial charge in [0.2, 0.25) is 0 Å². The van der Waals surface area contributed by atoms with Gasteiger partial charge in [0.25, 0.3) is 5.91 Å². The van der Waals surface area contributed by atoms with Crippen molar-refractivity contribution in [3.63, 3.8) is 0 Å². The minimum atomic E-state index is -0.414. The van der Waals surface area contributed by atoms with Gasteiger partial charge in [-0.2, -0.15) is 5.26 Å². The molecular weight excluding hydrogens is 362 g/mol. The largest absolute Gasteiger partial charge is 0.497 e. The number of hydrogen-bond donors (Lipinski definition) is 1. The van der Waals surface area contributed by atoms with Crippen LogP contribution in [0, 0.1) is 18.3 Å². The van der Waals surface area contributed by atoms with E-state index in [0.29, 0.717) is 0 Å². The van der Waals surface area contributed by atoms with Crippen LogP contribution in [0.4, 0.5) is 5.69 Å². The van der Waals surface area contributed by atoms with E-state index in [1.54, 1.807) is 13.2 Å². The number of anilines is 1. The van der Waals surface area contributed by atoms with Gasteiger partial charge in [0.15, 0.2) is 0 Å². The highest BCUT2D eigenvalue weighted by atomic mass is 16.5. The Hall–Kier alpha value is -3.78. The number of amides is 1. The third-order valence-corrected chi connectivity index (χ3v) is 4.71. The number of methoxy groups -OCH3 is 1. The van der Waals surface area contributed by atoms with Gasteiger partial charge in [-0.05, 0) is 66.9 Å². The molecule has 5 nitrogen and oxygen atoms in total. The molecule has 0 radical (unpaired) electrons. The molecule has 1 N–H and O–H groups in total. The Morgan fingerprint density at radius 2 is 1.93 bits per heavy atom. The molecule has 0 unspecified atom stereocenters. The summed E-state index contributed by atoms with van der Waals surface area (Å²) in [6.07, 6.45) is 4.31. The van der Waals surface area contributed by atoms with Gasteiger partial charge in [0, 0.05) is 23.3 Å². The van der Waals surface area contributed by atoms with Crippen molar-refractivity contribution in [3.05, 3.63) is 83.2 Å². The summed E-state index contributed by atoms with van der Waals surface area (Å²) in [5.74, 6) is 0.373. The number of aryl methyl sites for hydroxylation is 2. The maximum atomic E-state index is 12.6. The molecule has 0 saturated carbocycles. The number of para-hydroxylation sites is 1. The molecule has 0 fully saturated rings. The molecule has 0 aliphatic heterocycles. The lowest BCUT2D eigenvalue weighted by Gasteiger charge is -2.08. The molecule has 0 spiro atoms. The normalized spacial score (nSPS) is 11.0. The first-order valence-electron chi connectivity index (χ1n) is 9.40. The smallest absolute Gasteiger partial charge is 0.266 e. The van der Waals surface area contributed by atoms with E-state index in [2.05, 4.69) is 5.32 Å². The zero-order valence-electron chi connectivity index (χ0n) is 16.8. The van der Waals surface area contributed by atoms with Crippen LogP contribution in [-0.2, 0) is 11.2 Å². The summed E-state index contributed by atoms with van der Waals surface area (Å²) >= 11 is 0. The van der Waals surface area contributed by atoms with Crippen molar-refractivity contribution in [1.29, 1.82) is 5.26 Å². The number of aromatic nitrogens is 1. The molecule has 0 atom stereocenters. The number of nitrogens with one attached hydrogen (secondary N) is 1. The van der Waals surface area contributed by atoms with Crippen molar-refractivity contribution >= 4 is 17.7 Å². The maximum absolute atomic E-state index is 12.6. The summed E-state index contributed by atoms with van der Waals surface area (Å²) in [6, 6.07) is 19.3. The number of rotatable bonds is 6. The van der Waals surface area contributed by atoms with Gasteiger partial charge in [0.1, 0.15) is 17.4 Å². The van der Waals surface area contributed by atoms with E-state index in [1.165, 1.54) is 0 Å². The average Bonchev–Trinajstić information content (AvgIpc) is 3.12. The van der Waals surface area contributed by atoms with Crippen LogP contribution in [-0.4, -0.2) is 17.6 Å². The summed E-state index contributed by atoms with van der Waals surface area (Å²) in [7, 11) is 1.63. The molecule has 1 aromatic heterocycles. The summed E-state index contributed by atoms with van der Waals surface area (Å²) in [4.78, 5) is 12.6. The first kappa shape index (κ1) is 20.0. The van der Waals surface area contributed by atoms with Gasteiger partial charge >= 0.3 is 0 Å². The topological polar surface area (TPSA) is 67.0 Å². The lowest BCUT2D eigenvalue weighted by atomic mass is 10.1. The number of nitrogens with zero attached hydrogens (tertiary/aromatic N) is 2. The van der Waals surface area contributed by atoms with Crippen LogP contribution in [0.25, 0.3) is 11.8 Å². The van der Waals surface area contributed by atoms with E-state index in [4.69, 9.17) is 4.74 Å². The molecule has 2 aromatic carbocycles. The number of carbonyl (C=O) groups is 1.